The fourth-order valence-corrected chi connectivity index (χ4v) is 1.36. The van der Waals surface area contributed by atoms with Gasteiger partial charge in [-0.25, -0.2) is 13.6 Å². The van der Waals surface area contributed by atoms with E-state index in [2.05, 4.69) is 15.4 Å². The number of carbonyl (C=O) groups excluding carboxylic acids is 2. The van der Waals surface area contributed by atoms with E-state index >= 15 is 0 Å². The summed E-state index contributed by atoms with van der Waals surface area (Å²) in [6.07, 6.45) is -0.00415. The molecule has 5 nitrogen and oxygen atoms in total. The lowest BCUT2D eigenvalue weighted by Crippen LogP contribution is -2.37. The van der Waals surface area contributed by atoms with E-state index < -0.39 is 29.7 Å². The highest BCUT2D eigenvalue weighted by Crippen LogP contribution is 2.14. The Morgan fingerprint density at radius 1 is 1.37 bits per heavy atom. The van der Waals surface area contributed by atoms with Gasteiger partial charge in [-0.2, -0.15) is 0 Å². The van der Waals surface area contributed by atoms with Crippen LogP contribution < -0.4 is 10.6 Å². The van der Waals surface area contributed by atoms with Crippen molar-refractivity contribution in [1.82, 2.24) is 5.32 Å². The maximum absolute atomic E-state index is 13.3. The van der Waals surface area contributed by atoms with Crippen molar-refractivity contribution in [3.05, 3.63) is 29.8 Å². The summed E-state index contributed by atoms with van der Waals surface area (Å²) in [5.74, 6) is -2.08. The quantitative estimate of drug-likeness (QED) is 0.824. The van der Waals surface area contributed by atoms with Gasteiger partial charge < -0.3 is 15.4 Å². The van der Waals surface area contributed by atoms with Crippen LogP contribution in [0.25, 0.3) is 0 Å². The highest BCUT2D eigenvalue weighted by molar-refractivity contribution is 5.89. The summed E-state index contributed by atoms with van der Waals surface area (Å²) in [6, 6.07) is 1.62. The van der Waals surface area contributed by atoms with Crippen LogP contribution in [0.4, 0.5) is 19.3 Å². The zero-order valence-corrected chi connectivity index (χ0v) is 10.5. The normalized spacial score (nSPS) is 11.6. The topological polar surface area (TPSA) is 67.4 Å². The molecule has 0 aliphatic carbocycles. The van der Waals surface area contributed by atoms with Crippen molar-refractivity contribution in [3.8, 4) is 0 Å². The molecule has 104 valence electrons. The molecule has 1 aromatic carbocycles. The summed E-state index contributed by atoms with van der Waals surface area (Å²) >= 11 is 0. The molecule has 0 radical (unpaired) electrons. The van der Waals surface area contributed by atoms with Gasteiger partial charge in [-0.05, 0) is 19.1 Å². The lowest BCUT2D eigenvalue weighted by molar-refractivity contribution is -0.141. The summed E-state index contributed by atoms with van der Waals surface area (Å²) in [4.78, 5) is 22.5. The molecule has 0 fully saturated rings. The van der Waals surface area contributed by atoms with Crippen LogP contribution in [0.1, 0.15) is 13.3 Å². The molecule has 0 aliphatic rings. The van der Waals surface area contributed by atoms with Gasteiger partial charge in [-0.3, -0.25) is 4.79 Å². The number of esters is 1. The molecular formula is C12H14F2N2O3. The molecular weight excluding hydrogens is 258 g/mol. The van der Waals surface area contributed by atoms with Crippen LogP contribution in [0, 0.1) is 11.6 Å². The van der Waals surface area contributed by atoms with E-state index in [0.29, 0.717) is 6.07 Å². The molecule has 0 saturated heterocycles. The van der Waals surface area contributed by atoms with Gasteiger partial charge in [0.15, 0.2) is 0 Å². The molecule has 0 saturated carbocycles. The average Bonchev–Trinajstić information content (AvgIpc) is 2.32. The lowest BCUT2D eigenvalue weighted by Gasteiger charge is -2.13. The van der Waals surface area contributed by atoms with Crippen LogP contribution in [-0.4, -0.2) is 25.2 Å². The fourth-order valence-electron chi connectivity index (χ4n) is 1.36. The molecule has 0 bridgehead atoms. The predicted molar refractivity (Wildman–Crippen MR) is 64.6 cm³/mol. The molecule has 1 unspecified atom stereocenters. The van der Waals surface area contributed by atoms with Crippen LogP contribution in [-0.2, 0) is 9.53 Å². The first-order valence-corrected chi connectivity index (χ1v) is 5.51. The molecule has 0 heterocycles. The monoisotopic (exact) mass is 272 g/mol. The van der Waals surface area contributed by atoms with Crippen molar-refractivity contribution in [2.45, 2.75) is 19.4 Å². The third-order valence-corrected chi connectivity index (χ3v) is 2.26. The number of benzene rings is 1. The summed E-state index contributed by atoms with van der Waals surface area (Å²) in [7, 11) is 1.24. The number of hydrogen-bond donors (Lipinski definition) is 2. The van der Waals surface area contributed by atoms with Crippen molar-refractivity contribution in [3.63, 3.8) is 0 Å². The predicted octanol–water partition coefficient (Wildman–Crippen LogP) is 2.04. The van der Waals surface area contributed by atoms with E-state index in [0.717, 1.165) is 12.1 Å². The van der Waals surface area contributed by atoms with Crippen molar-refractivity contribution >= 4 is 17.7 Å². The van der Waals surface area contributed by atoms with E-state index in [-0.39, 0.29) is 12.1 Å². The number of anilines is 1. The number of urea groups is 1. The van der Waals surface area contributed by atoms with Gasteiger partial charge in [0.05, 0.1) is 19.2 Å². The van der Waals surface area contributed by atoms with Gasteiger partial charge in [0, 0.05) is 12.1 Å². The third-order valence-electron chi connectivity index (χ3n) is 2.26. The lowest BCUT2D eigenvalue weighted by atomic mass is 10.2. The second kappa shape index (κ2) is 6.67. The Kier molecular flexibility index (Phi) is 5.23. The Labute approximate surface area is 108 Å². The number of ether oxygens (including phenoxy) is 1. The number of methoxy groups -OCH3 is 1. The highest BCUT2D eigenvalue weighted by atomic mass is 19.1. The number of carbonyl (C=O) groups is 2. The first-order valence-electron chi connectivity index (χ1n) is 5.51. The molecule has 2 N–H and O–H groups in total. The molecule has 2 amide bonds. The Balaban J connectivity index is 2.53. The number of amides is 2. The molecule has 1 rings (SSSR count). The van der Waals surface area contributed by atoms with Crippen LogP contribution >= 0.6 is 0 Å². The second-order valence-corrected chi connectivity index (χ2v) is 3.90. The zero-order valence-electron chi connectivity index (χ0n) is 10.5. The Bertz CT molecular complexity index is 480. The van der Waals surface area contributed by atoms with E-state index in [1.54, 1.807) is 6.92 Å². The number of halogens is 2. The van der Waals surface area contributed by atoms with Crippen LogP contribution in [0.15, 0.2) is 18.2 Å². The van der Waals surface area contributed by atoms with Gasteiger partial charge in [0.25, 0.3) is 0 Å². The minimum atomic E-state index is -0.879. The number of rotatable bonds is 4. The number of nitrogens with one attached hydrogen (secondary N) is 2. The van der Waals surface area contributed by atoms with Crippen molar-refractivity contribution in [2.75, 3.05) is 12.4 Å². The van der Waals surface area contributed by atoms with E-state index in [4.69, 9.17) is 0 Å². The first kappa shape index (κ1) is 14.9. The molecule has 0 aliphatic heterocycles. The molecule has 1 aromatic rings. The third kappa shape index (κ3) is 4.90. The molecule has 0 spiro atoms. The largest absolute Gasteiger partial charge is 0.469 e. The summed E-state index contributed by atoms with van der Waals surface area (Å²) < 4.78 is 30.4. The van der Waals surface area contributed by atoms with Crippen LogP contribution in [0.2, 0.25) is 0 Å². The molecule has 0 aromatic heterocycles. The molecule has 19 heavy (non-hydrogen) atoms. The molecule has 7 heteroatoms. The van der Waals surface area contributed by atoms with Gasteiger partial charge in [-0.1, -0.05) is 0 Å². The standard InChI is InChI=1S/C12H14F2N2O3/c1-7(5-11(17)19-2)15-12(18)16-10-4-3-8(13)6-9(10)14/h3-4,6-7H,5H2,1-2H3,(H2,15,16,18). The van der Waals surface area contributed by atoms with E-state index in [1.807, 2.05) is 0 Å². The van der Waals surface area contributed by atoms with Gasteiger partial charge in [-0.15, -0.1) is 0 Å². The van der Waals surface area contributed by atoms with Gasteiger partial charge in [0.1, 0.15) is 11.6 Å². The molecule has 1 atom stereocenters. The van der Waals surface area contributed by atoms with E-state index in [1.165, 1.54) is 7.11 Å². The summed E-state index contributed by atoms with van der Waals surface area (Å²) in [5.41, 5.74) is -0.149. The fraction of sp³-hybridized carbons (Fsp3) is 0.333. The summed E-state index contributed by atoms with van der Waals surface area (Å²) in [6.45, 7) is 1.59. The Morgan fingerprint density at radius 2 is 2.05 bits per heavy atom. The first-order chi connectivity index (χ1) is 8.92. The minimum absolute atomic E-state index is 0.00415. The number of hydrogen-bond acceptors (Lipinski definition) is 3. The van der Waals surface area contributed by atoms with Gasteiger partial charge >= 0.3 is 12.0 Å². The van der Waals surface area contributed by atoms with Crippen LogP contribution in [0.5, 0.6) is 0 Å². The van der Waals surface area contributed by atoms with Crippen LogP contribution in [0.3, 0.4) is 0 Å². The van der Waals surface area contributed by atoms with E-state index in [9.17, 15) is 18.4 Å². The zero-order chi connectivity index (χ0) is 14.4. The maximum Gasteiger partial charge on any atom is 0.319 e. The second-order valence-electron chi connectivity index (χ2n) is 3.90. The van der Waals surface area contributed by atoms with Crippen molar-refractivity contribution < 1.29 is 23.1 Å². The summed E-state index contributed by atoms with van der Waals surface area (Å²) in [5, 5.41) is 4.64. The SMILES string of the molecule is COC(=O)CC(C)NC(=O)Nc1ccc(F)cc1F. The van der Waals surface area contributed by atoms with Gasteiger partial charge in [0.2, 0.25) is 0 Å². The van der Waals surface area contributed by atoms with Crippen molar-refractivity contribution in [1.29, 1.82) is 0 Å². The smallest absolute Gasteiger partial charge is 0.319 e. The minimum Gasteiger partial charge on any atom is -0.469 e. The maximum atomic E-state index is 13.3. The Hall–Kier alpha value is -2.18. The van der Waals surface area contributed by atoms with Crippen molar-refractivity contribution in [2.24, 2.45) is 0 Å². The highest BCUT2D eigenvalue weighted by Gasteiger charge is 2.13. The average molecular weight is 272 g/mol. The Morgan fingerprint density at radius 3 is 2.63 bits per heavy atom.